The van der Waals surface area contributed by atoms with Crippen LogP contribution in [-0.2, 0) is 0 Å². The van der Waals surface area contributed by atoms with Gasteiger partial charge in [0.05, 0.1) is 10.6 Å². The number of hydrogen-bond acceptors (Lipinski definition) is 5. The van der Waals surface area contributed by atoms with Crippen LogP contribution in [0.1, 0.15) is 53.0 Å². The molecule has 1 N–H and O–H groups in total. The molecular weight excluding hydrogens is 422 g/mol. The molecule has 0 saturated heterocycles. The number of benzene rings is 2. The van der Waals surface area contributed by atoms with Gasteiger partial charge in [-0.05, 0) is 49.2 Å². The van der Waals surface area contributed by atoms with Crippen LogP contribution in [0.25, 0.3) is 5.69 Å². The lowest BCUT2D eigenvalue weighted by molar-refractivity contribution is -0.384. The number of amides is 2. The molecule has 1 aliphatic rings. The Kier molecular flexibility index (Phi) is 6.48. The minimum Gasteiger partial charge on any atom is -0.339 e. The third-order valence-corrected chi connectivity index (χ3v) is 5.96. The molecule has 1 saturated carbocycles. The van der Waals surface area contributed by atoms with Gasteiger partial charge >= 0.3 is 0 Å². The fourth-order valence-corrected chi connectivity index (χ4v) is 4.07. The highest BCUT2D eigenvalue weighted by atomic mass is 16.6. The van der Waals surface area contributed by atoms with E-state index in [0.717, 1.165) is 25.7 Å². The summed E-state index contributed by atoms with van der Waals surface area (Å²) in [6, 6.07) is 14.6. The summed E-state index contributed by atoms with van der Waals surface area (Å²) < 4.78 is 1.41. The molecule has 9 heteroatoms. The zero-order chi connectivity index (χ0) is 23.4. The van der Waals surface area contributed by atoms with E-state index in [-0.39, 0.29) is 23.3 Å². The summed E-state index contributed by atoms with van der Waals surface area (Å²) in [4.78, 5) is 37.7. The molecule has 9 nitrogen and oxygen atoms in total. The van der Waals surface area contributed by atoms with Gasteiger partial charge in [0.15, 0.2) is 5.69 Å². The predicted molar refractivity (Wildman–Crippen MR) is 124 cm³/mol. The second-order valence-electron chi connectivity index (χ2n) is 8.16. The number of nitrogens with zero attached hydrogens (tertiary/aromatic N) is 4. The molecule has 1 heterocycles. The fourth-order valence-electron chi connectivity index (χ4n) is 4.07. The quantitative estimate of drug-likeness (QED) is 0.444. The van der Waals surface area contributed by atoms with Crippen LogP contribution in [0.2, 0.25) is 0 Å². The first kappa shape index (κ1) is 22.2. The maximum Gasteiger partial charge on any atom is 0.276 e. The molecule has 0 aliphatic heterocycles. The van der Waals surface area contributed by atoms with Gasteiger partial charge < -0.3 is 10.2 Å². The first-order valence-electron chi connectivity index (χ1n) is 10.9. The summed E-state index contributed by atoms with van der Waals surface area (Å²) in [5, 5.41) is 18.0. The van der Waals surface area contributed by atoms with E-state index >= 15 is 0 Å². The first-order valence-corrected chi connectivity index (χ1v) is 10.9. The smallest absolute Gasteiger partial charge is 0.276 e. The number of nitro benzene ring substituents is 1. The van der Waals surface area contributed by atoms with Crippen molar-refractivity contribution in [1.82, 2.24) is 14.7 Å². The summed E-state index contributed by atoms with van der Waals surface area (Å²) in [6.07, 6.45) is 7.19. The minimum atomic E-state index is -0.484. The van der Waals surface area contributed by atoms with Crippen LogP contribution in [0.5, 0.6) is 0 Å². The molecule has 33 heavy (non-hydrogen) atoms. The molecule has 1 aliphatic carbocycles. The van der Waals surface area contributed by atoms with Crippen molar-refractivity contribution in [3.63, 3.8) is 0 Å². The van der Waals surface area contributed by atoms with Crippen molar-refractivity contribution in [3.05, 3.63) is 82.2 Å². The number of non-ortho nitro benzene ring substituents is 1. The average Bonchev–Trinajstić information content (AvgIpc) is 3.35. The van der Waals surface area contributed by atoms with Crippen molar-refractivity contribution < 1.29 is 14.5 Å². The number of carbonyl (C=O) groups is 2. The Balaban J connectivity index is 1.40. The Morgan fingerprint density at radius 1 is 1.09 bits per heavy atom. The van der Waals surface area contributed by atoms with Crippen molar-refractivity contribution >= 4 is 23.2 Å². The lowest BCUT2D eigenvalue weighted by Gasteiger charge is -2.31. The highest BCUT2D eigenvalue weighted by molar-refractivity contribution is 6.03. The Labute approximate surface area is 191 Å². The van der Waals surface area contributed by atoms with Crippen LogP contribution in [-0.4, -0.2) is 44.5 Å². The maximum atomic E-state index is 12.8. The molecule has 0 bridgehead atoms. The monoisotopic (exact) mass is 447 g/mol. The highest BCUT2D eigenvalue weighted by Crippen LogP contribution is 2.23. The van der Waals surface area contributed by atoms with Gasteiger partial charge in [0.2, 0.25) is 0 Å². The molecule has 170 valence electrons. The molecule has 0 spiro atoms. The molecule has 2 aromatic carbocycles. The molecule has 1 fully saturated rings. The summed E-state index contributed by atoms with van der Waals surface area (Å²) in [7, 11) is 1.85. The molecule has 0 atom stereocenters. The SMILES string of the molecule is CN(C(=O)c1ccc(NC(=O)c2ccn(-c3cccc([N+](=O)[O-])c3)n2)cc1)C1CCCCC1. The Hall–Kier alpha value is -4.01. The number of hydrogen-bond donors (Lipinski definition) is 1. The normalized spacial score (nSPS) is 14.0. The predicted octanol–water partition coefficient (Wildman–Crippen LogP) is 4.44. The Bertz CT molecular complexity index is 1170. The second-order valence-corrected chi connectivity index (χ2v) is 8.16. The summed E-state index contributed by atoms with van der Waals surface area (Å²) in [6.45, 7) is 0. The number of carbonyl (C=O) groups excluding carboxylic acids is 2. The molecule has 0 radical (unpaired) electrons. The van der Waals surface area contributed by atoms with E-state index in [1.165, 1.54) is 29.3 Å². The Morgan fingerprint density at radius 2 is 1.82 bits per heavy atom. The van der Waals surface area contributed by atoms with E-state index in [1.54, 1.807) is 42.6 Å². The van der Waals surface area contributed by atoms with Gasteiger partial charge in [0, 0.05) is 42.7 Å². The van der Waals surface area contributed by atoms with Gasteiger partial charge in [-0.3, -0.25) is 19.7 Å². The lowest BCUT2D eigenvalue weighted by Crippen LogP contribution is -2.38. The number of aromatic nitrogens is 2. The van der Waals surface area contributed by atoms with Crippen molar-refractivity contribution in [2.45, 2.75) is 38.1 Å². The van der Waals surface area contributed by atoms with E-state index < -0.39 is 10.8 Å². The van der Waals surface area contributed by atoms with E-state index in [4.69, 9.17) is 0 Å². The summed E-state index contributed by atoms with van der Waals surface area (Å²) in [5.74, 6) is -0.437. The zero-order valence-corrected chi connectivity index (χ0v) is 18.3. The molecular formula is C24H25N5O4. The van der Waals surface area contributed by atoms with Gasteiger partial charge in [-0.1, -0.05) is 25.3 Å². The van der Waals surface area contributed by atoms with Crippen molar-refractivity contribution in [2.24, 2.45) is 0 Å². The fraction of sp³-hybridized carbons (Fsp3) is 0.292. The van der Waals surface area contributed by atoms with Crippen LogP contribution >= 0.6 is 0 Å². The second kappa shape index (κ2) is 9.64. The van der Waals surface area contributed by atoms with Gasteiger partial charge in [0.1, 0.15) is 0 Å². The molecule has 1 aromatic heterocycles. The lowest BCUT2D eigenvalue weighted by atomic mass is 9.94. The van der Waals surface area contributed by atoms with Crippen LogP contribution in [0.15, 0.2) is 60.8 Å². The molecule has 0 unspecified atom stereocenters. The van der Waals surface area contributed by atoms with Crippen LogP contribution in [0.3, 0.4) is 0 Å². The third-order valence-electron chi connectivity index (χ3n) is 5.96. The first-order chi connectivity index (χ1) is 15.9. The van der Waals surface area contributed by atoms with Gasteiger partial charge in [-0.25, -0.2) is 4.68 Å². The molecule has 2 amide bonds. The molecule has 3 aromatic rings. The highest BCUT2D eigenvalue weighted by Gasteiger charge is 2.23. The van der Waals surface area contributed by atoms with E-state index in [2.05, 4.69) is 10.4 Å². The average molecular weight is 447 g/mol. The van der Waals surface area contributed by atoms with Gasteiger partial charge in [-0.15, -0.1) is 0 Å². The van der Waals surface area contributed by atoms with E-state index in [0.29, 0.717) is 16.9 Å². The Morgan fingerprint density at radius 3 is 2.52 bits per heavy atom. The van der Waals surface area contributed by atoms with Crippen LogP contribution in [0.4, 0.5) is 11.4 Å². The van der Waals surface area contributed by atoms with Crippen LogP contribution < -0.4 is 5.32 Å². The number of nitrogens with one attached hydrogen (secondary N) is 1. The third kappa shape index (κ3) is 5.08. The minimum absolute atomic E-state index is 0.0181. The largest absolute Gasteiger partial charge is 0.339 e. The van der Waals surface area contributed by atoms with Gasteiger partial charge in [-0.2, -0.15) is 5.10 Å². The topological polar surface area (TPSA) is 110 Å². The van der Waals surface area contributed by atoms with Crippen molar-refractivity contribution in [1.29, 1.82) is 0 Å². The zero-order valence-electron chi connectivity index (χ0n) is 18.3. The number of rotatable bonds is 6. The summed E-state index contributed by atoms with van der Waals surface area (Å²) in [5.41, 5.74) is 1.71. The molecule has 4 rings (SSSR count). The summed E-state index contributed by atoms with van der Waals surface area (Å²) >= 11 is 0. The van der Waals surface area contributed by atoms with Crippen molar-refractivity contribution in [2.75, 3.05) is 12.4 Å². The van der Waals surface area contributed by atoms with E-state index in [9.17, 15) is 19.7 Å². The standard InChI is InChI=1S/C24H25N5O4/c1-27(19-6-3-2-4-7-19)24(31)17-10-12-18(13-11-17)25-23(30)22-14-15-28(26-22)20-8-5-9-21(16-20)29(32)33/h5,8-16,19H,2-4,6-7H2,1H3,(H,25,30). The van der Waals surface area contributed by atoms with Gasteiger partial charge in [0.25, 0.3) is 17.5 Å². The van der Waals surface area contributed by atoms with Crippen molar-refractivity contribution in [3.8, 4) is 5.69 Å². The van der Waals surface area contributed by atoms with E-state index in [1.807, 2.05) is 11.9 Å². The van der Waals surface area contributed by atoms with Crippen LogP contribution in [0, 0.1) is 10.1 Å². The number of anilines is 1. The number of nitro groups is 1. The maximum absolute atomic E-state index is 12.8.